The van der Waals surface area contributed by atoms with E-state index in [9.17, 15) is 18.5 Å². The first-order valence-electron chi connectivity index (χ1n) is 6.78. The molecular formula is C16H13FN2O3S. The van der Waals surface area contributed by atoms with Gasteiger partial charge in [-0.2, -0.15) is 0 Å². The molecule has 0 spiro atoms. The zero-order valence-corrected chi connectivity index (χ0v) is 13.0. The topological polar surface area (TPSA) is 70.5 Å². The van der Waals surface area contributed by atoms with Crippen molar-refractivity contribution >= 4 is 22.3 Å². The molecule has 0 aliphatic carbocycles. The average molecular weight is 332 g/mol. The lowest BCUT2D eigenvalue weighted by Gasteiger charge is -2.07. The standard InChI is InChI=1S/C16H13FN2O3S/c1-19-9-13(15(20)16(19)21)14-7-6-12(8-18-14)23(22)11-4-2-10(17)3-5-11/h2-8,20H,9H2,1H3. The zero-order chi connectivity index (χ0) is 16.6. The summed E-state index contributed by atoms with van der Waals surface area (Å²) in [6.45, 7) is 0.276. The normalized spacial score (nSPS) is 16.1. The number of halogens is 1. The van der Waals surface area contributed by atoms with Crippen LogP contribution in [0.3, 0.4) is 0 Å². The van der Waals surface area contributed by atoms with Gasteiger partial charge in [-0.05, 0) is 36.4 Å². The maximum absolute atomic E-state index is 12.9. The van der Waals surface area contributed by atoms with Gasteiger partial charge in [-0.15, -0.1) is 0 Å². The van der Waals surface area contributed by atoms with E-state index in [1.807, 2.05) is 0 Å². The van der Waals surface area contributed by atoms with Crippen LogP contribution in [-0.4, -0.2) is 38.7 Å². The number of pyridine rings is 1. The molecule has 1 aromatic carbocycles. The predicted octanol–water partition coefficient (Wildman–Crippen LogP) is 2.13. The van der Waals surface area contributed by atoms with Crippen molar-refractivity contribution in [3.8, 4) is 0 Å². The van der Waals surface area contributed by atoms with E-state index in [0.717, 1.165) is 0 Å². The van der Waals surface area contributed by atoms with Gasteiger partial charge in [-0.1, -0.05) is 0 Å². The summed E-state index contributed by atoms with van der Waals surface area (Å²) in [6.07, 6.45) is 1.43. The second kappa shape index (κ2) is 5.92. The molecule has 2 aromatic rings. The van der Waals surface area contributed by atoms with Crippen LogP contribution in [0.25, 0.3) is 5.57 Å². The summed E-state index contributed by atoms with van der Waals surface area (Å²) in [6, 6.07) is 8.63. The van der Waals surface area contributed by atoms with Gasteiger partial charge in [0.15, 0.2) is 5.76 Å². The van der Waals surface area contributed by atoms with Crippen LogP contribution in [0.15, 0.2) is 58.1 Å². The molecule has 3 rings (SSSR count). The Kier molecular flexibility index (Phi) is 3.96. The Bertz CT molecular complexity index is 816. The molecule has 0 saturated carbocycles. The number of aromatic nitrogens is 1. The molecule has 1 amide bonds. The quantitative estimate of drug-likeness (QED) is 0.935. The van der Waals surface area contributed by atoms with Crippen molar-refractivity contribution in [3.63, 3.8) is 0 Å². The first-order valence-corrected chi connectivity index (χ1v) is 7.93. The highest BCUT2D eigenvalue weighted by Crippen LogP contribution is 2.25. The monoisotopic (exact) mass is 332 g/mol. The molecule has 0 radical (unpaired) electrons. The van der Waals surface area contributed by atoms with Crippen molar-refractivity contribution in [1.29, 1.82) is 0 Å². The molecule has 7 heteroatoms. The van der Waals surface area contributed by atoms with Crippen molar-refractivity contribution in [2.45, 2.75) is 9.79 Å². The Morgan fingerprint density at radius 3 is 2.35 bits per heavy atom. The Morgan fingerprint density at radius 1 is 1.17 bits per heavy atom. The largest absolute Gasteiger partial charge is 0.503 e. The summed E-state index contributed by atoms with van der Waals surface area (Å²) in [7, 11) is 0.114. The van der Waals surface area contributed by atoms with E-state index in [1.165, 1.54) is 35.4 Å². The number of aliphatic hydroxyl groups is 1. The summed E-state index contributed by atoms with van der Waals surface area (Å²) in [4.78, 5) is 18.1. The van der Waals surface area contributed by atoms with E-state index in [0.29, 0.717) is 21.1 Å². The van der Waals surface area contributed by atoms with Gasteiger partial charge in [0.05, 0.1) is 27.9 Å². The molecule has 1 atom stereocenters. The molecule has 118 valence electrons. The third-order valence-electron chi connectivity index (χ3n) is 3.52. The van der Waals surface area contributed by atoms with Crippen LogP contribution in [0.4, 0.5) is 4.39 Å². The fourth-order valence-corrected chi connectivity index (χ4v) is 3.25. The fraction of sp³-hybridized carbons (Fsp3) is 0.125. The second-order valence-electron chi connectivity index (χ2n) is 5.09. The summed E-state index contributed by atoms with van der Waals surface area (Å²) < 4.78 is 25.3. The van der Waals surface area contributed by atoms with Gasteiger partial charge in [-0.3, -0.25) is 9.78 Å². The SMILES string of the molecule is CN1CC(c2ccc(S(=O)c3ccc(F)cc3)cn2)=C(O)C1=O. The van der Waals surface area contributed by atoms with Gasteiger partial charge in [0.2, 0.25) is 0 Å². The zero-order valence-electron chi connectivity index (χ0n) is 12.2. The van der Waals surface area contributed by atoms with Crippen molar-refractivity contribution in [1.82, 2.24) is 9.88 Å². The summed E-state index contributed by atoms with van der Waals surface area (Å²) in [5.74, 6) is -1.15. The molecule has 1 N–H and O–H groups in total. The number of nitrogens with zero attached hydrogens (tertiary/aromatic N) is 2. The van der Waals surface area contributed by atoms with Crippen LogP contribution < -0.4 is 0 Å². The molecule has 23 heavy (non-hydrogen) atoms. The van der Waals surface area contributed by atoms with Gasteiger partial charge in [0.1, 0.15) is 5.82 Å². The number of amides is 1. The number of likely N-dealkylation sites (N-methyl/N-ethyl adjacent to an activating group) is 1. The molecule has 1 aromatic heterocycles. The molecule has 1 aliphatic rings. The molecule has 5 nitrogen and oxygen atoms in total. The Morgan fingerprint density at radius 2 is 1.83 bits per heavy atom. The van der Waals surface area contributed by atoms with Crippen molar-refractivity contribution in [3.05, 3.63) is 59.9 Å². The van der Waals surface area contributed by atoms with E-state index in [-0.39, 0.29) is 12.3 Å². The number of carbonyl (C=O) groups is 1. The second-order valence-corrected chi connectivity index (χ2v) is 6.57. The minimum Gasteiger partial charge on any atom is -0.503 e. The molecule has 0 fully saturated rings. The van der Waals surface area contributed by atoms with Crippen LogP contribution in [0, 0.1) is 5.82 Å². The van der Waals surface area contributed by atoms with Crippen LogP contribution in [0.5, 0.6) is 0 Å². The van der Waals surface area contributed by atoms with E-state index >= 15 is 0 Å². The molecule has 1 unspecified atom stereocenters. The highest BCUT2D eigenvalue weighted by molar-refractivity contribution is 7.85. The number of hydrogen-bond acceptors (Lipinski definition) is 4. The molecule has 0 bridgehead atoms. The van der Waals surface area contributed by atoms with Crippen LogP contribution in [-0.2, 0) is 15.6 Å². The number of hydrogen-bond donors (Lipinski definition) is 1. The van der Waals surface area contributed by atoms with E-state index in [1.54, 1.807) is 19.2 Å². The summed E-state index contributed by atoms with van der Waals surface area (Å²) in [5, 5.41) is 9.82. The Hall–Kier alpha value is -2.54. The van der Waals surface area contributed by atoms with E-state index in [2.05, 4.69) is 4.98 Å². The third-order valence-corrected chi connectivity index (χ3v) is 4.89. The van der Waals surface area contributed by atoms with Crippen LogP contribution in [0.1, 0.15) is 5.69 Å². The lowest BCUT2D eigenvalue weighted by atomic mass is 10.1. The van der Waals surface area contributed by atoms with E-state index in [4.69, 9.17) is 0 Å². The van der Waals surface area contributed by atoms with Gasteiger partial charge < -0.3 is 10.0 Å². The van der Waals surface area contributed by atoms with Crippen molar-refractivity contribution in [2.75, 3.05) is 13.6 Å². The van der Waals surface area contributed by atoms with E-state index < -0.39 is 22.5 Å². The first-order chi connectivity index (χ1) is 11.0. The lowest BCUT2D eigenvalue weighted by molar-refractivity contribution is -0.126. The highest BCUT2D eigenvalue weighted by Gasteiger charge is 2.28. The minimum absolute atomic E-state index is 0.276. The summed E-state index contributed by atoms with van der Waals surface area (Å²) >= 11 is 0. The maximum Gasteiger partial charge on any atom is 0.289 e. The molecule has 0 saturated heterocycles. The fourth-order valence-electron chi connectivity index (χ4n) is 2.26. The lowest BCUT2D eigenvalue weighted by Crippen LogP contribution is -2.21. The van der Waals surface area contributed by atoms with Gasteiger partial charge in [0, 0.05) is 23.7 Å². The van der Waals surface area contributed by atoms with Gasteiger partial charge in [0.25, 0.3) is 5.91 Å². The first kappa shape index (κ1) is 15.4. The molecule has 1 aliphatic heterocycles. The van der Waals surface area contributed by atoms with Gasteiger partial charge >= 0.3 is 0 Å². The van der Waals surface area contributed by atoms with Gasteiger partial charge in [-0.25, -0.2) is 8.60 Å². The maximum atomic E-state index is 12.9. The summed E-state index contributed by atoms with van der Waals surface area (Å²) in [5.41, 5.74) is 0.900. The van der Waals surface area contributed by atoms with Crippen LogP contribution in [0.2, 0.25) is 0 Å². The van der Waals surface area contributed by atoms with Crippen LogP contribution >= 0.6 is 0 Å². The highest BCUT2D eigenvalue weighted by atomic mass is 32.2. The molecule has 2 heterocycles. The Balaban J connectivity index is 1.87. The number of benzene rings is 1. The average Bonchev–Trinajstić information content (AvgIpc) is 2.83. The number of aliphatic hydroxyl groups excluding tert-OH is 1. The van der Waals surface area contributed by atoms with Crippen molar-refractivity contribution in [2.24, 2.45) is 0 Å². The third kappa shape index (κ3) is 2.87. The van der Waals surface area contributed by atoms with Crippen molar-refractivity contribution < 1.29 is 18.5 Å². The number of carbonyl (C=O) groups excluding carboxylic acids is 1. The number of rotatable bonds is 3. The predicted molar refractivity (Wildman–Crippen MR) is 82.5 cm³/mol. The molecular weight excluding hydrogens is 319 g/mol. The minimum atomic E-state index is -1.47. The Labute approximate surface area is 134 Å². The smallest absolute Gasteiger partial charge is 0.289 e.